The van der Waals surface area contributed by atoms with Gasteiger partial charge in [-0.05, 0) is 61.4 Å². The van der Waals surface area contributed by atoms with Crippen molar-refractivity contribution in [2.75, 3.05) is 43.0 Å². The van der Waals surface area contributed by atoms with Crippen LogP contribution in [0.2, 0.25) is 0 Å². The Morgan fingerprint density at radius 2 is 1.58 bits per heavy atom. The number of amides is 2. The maximum Gasteiger partial charge on any atom is 0.261 e. The van der Waals surface area contributed by atoms with E-state index < -0.39 is 0 Å². The monoisotopic (exact) mass is 419 g/mol. The minimum Gasteiger partial charge on any atom is -0.372 e. The van der Waals surface area contributed by atoms with Gasteiger partial charge in [0.05, 0.1) is 22.5 Å². The summed E-state index contributed by atoms with van der Waals surface area (Å²) >= 11 is 0. The first-order valence-electron chi connectivity index (χ1n) is 11.3. The average molecular weight is 420 g/mol. The minimum absolute atomic E-state index is 0.158. The first-order chi connectivity index (χ1) is 14.8. The Labute approximate surface area is 185 Å². The lowest BCUT2D eigenvalue weighted by Gasteiger charge is -2.30. The molecule has 2 aromatic rings. The molecule has 0 bridgehead atoms. The third-order valence-corrected chi connectivity index (χ3v) is 6.43. The fourth-order valence-corrected chi connectivity index (χ4v) is 5.00. The molecule has 5 heteroatoms. The molecule has 2 aliphatic heterocycles. The van der Waals surface area contributed by atoms with Gasteiger partial charge in [0, 0.05) is 33.2 Å². The van der Waals surface area contributed by atoms with Crippen LogP contribution in [-0.2, 0) is 6.42 Å². The maximum atomic E-state index is 12.5. The topological polar surface area (TPSA) is 43.9 Å². The number of fused-ring (bicyclic) bond motifs is 2. The summed E-state index contributed by atoms with van der Waals surface area (Å²) in [5, 5.41) is 0. The van der Waals surface area contributed by atoms with Gasteiger partial charge < -0.3 is 9.80 Å². The molecule has 2 aromatic carbocycles. The van der Waals surface area contributed by atoms with Crippen molar-refractivity contribution in [3.8, 4) is 0 Å². The summed E-state index contributed by atoms with van der Waals surface area (Å²) < 4.78 is 0. The summed E-state index contributed by atoms with van der Waals surface area (Å²) in [6.45, 7) is 10.5. The lowest BCUT2D eigenvalue weighted by molar-refractivity contribution is 0.0652. The normalized spacial score (nSPS) is 17.6. The molecule has 2 aliphatic rings. The van der Waals surface area contributed by atoms with Gasteiger partial charge in [-0.1, -0.05) is 32.0 Å². The Morgan fingerprint density at radius 1 is 0.903 bits per heavy atom. The molecule has 0 atom stereocenters. The van der Waals surface area contributed by atoms with E-state index in [1.807, 2.05) is 12.1 Å². The molecule has 0 unspecified atom stereocenters. The Kier molecular flexibility index (Phi) is 5.78. The Bertz CT molecular complexity index is 963. The highest BCUT2D eigenvalue weighted by Gasteiger charge is 2.34. The number of unbranched alkanes of at least 4 members (excludes halogenated alkanes) is 1. The van der Waals surface area contributed by atoms with Gasteiger partial charge in [-0.25, -0.2) is 0 Å². The van der Waals surface area contributed by atoms with E-state index in [9.17, 15) is 9.59 Å². The zero-order chi connectivity index (χ0) is 22.2. The van der Waals surface area contributed by atoms with Gasteiger partial charge in [0.1, 0.15) is 0 Å². The molecule has 0 saturated heterocycles. The second kappa shape index (κ2) is 8.37. The molecule has 5 nitrogen and oxygen atoms in total. The second-order valence-corrected chi connectivity index (χ2v) is 9.62. The van der Waals surface area contributed by atoms with Gasteiger partial charge in [0.25, 0.3) is 11.8 Å². The van der Waals surface area contributed by atoms with Gasteiger partial charge in [0.2, 0.25) is 0 Å². The summed E-state index contributed by atoms with van der Waals surface area (Å²) in [6.07, 6.45) is 2.70. The van der Waals surface area contributed by atoms with Crippen molar-refractivity contribution in [2.45, 2.75) is 40.0 Å². The summed E-state index contributed by atoms with van der Waals surface area (Å²) in [7, 11) is 2.19. The number of rotatable bonds is 6. The number of benzene rings is 2. The zero-order valence-corrected chi connectivity index (χ0v) is 19.1. The summed E-state index contributed by atoms with van der Waals surface area (Å²) in [4.78, 5) is 31.3. The highest BCUT2D eigenvalue weighted by Crippen LogP contribution is 2.37. The summed E-state index contributed by atoms with van der Waals surface area (Å²) in [6, 6.07) is 13.9. The predicted molar refractivity (Wildman–Crippen MR) is 126 cm³/mol. The van der Waals surface area contributed by atoms with E-state index in [0.29, 0.717) is 17.7 Å². The van der Waals surface area contributed by atoms with Crippen molar-refractivity contribution >= 4 is 23.2 Å². The predicted octanol–water partition coefficient (Wildman–Crippen LogP) is 4.61. The molecule has 2 amide bonds. The van der Waals surface area contributed by atoms with E-state index in [0.717, 1.165) is 38.9 Å². The van der Waals surface area contributed by atoms with Crippen molar-refractivity contribution in [3.05, 3.63) is 59.2 Å². The second-order valence-electron chi connectivity index (χ2n) is 9.62. The van der Waals surface area contributed by atoms with Crippen LogP contribution in [0, 0.1) is 5.41 Å². The molecule has 0 radical (unpaired) electrons. The van der Waals surface area contributed by atoms with Crippen molar-refractivity contribution in [2.24, 2.45) is 5.41 Å². The molecule has 0 fully saturated rings. The molecule has 0 spiro atoms. The maximum absolute atomic E-state index is 12.5. The molecule has 0 aromatic heterocycles. The number of carbonyl (C=O) groups excluding carboxylic acids is 2. The molecule has 31 heavy (non-hydrogen) atoms. The molecule has 0 aliphatic carbocycles. The molecule has 0 saturated carbocycles. The number of hydrogen-bond acceptors (Lipinski definition) is 4. The van der Waals surface area contributed by atoms with E-state index in [-0.39, 0.29) is 17.2 Å². The van der Waals surface area contributed by atoms with Crippen LogP contribution >= 0.6 is 0 Å². The molecule has 4 rings (SSSR count). The van der Waals surface area contributed by atoms with Gasteiger partial charge in [0.15, 0.2) is 0 Å². The highest BCUT2D eigenvalue weighted by molar-refractivity contribution is 6.21. The summed E-state index contributed by atoms with van der Waals surface area (Å²) in [5.41, 5.74) is 5.21. The smallest absolute Gasteiger partial charge is 0.261 e. The zero-order valence-electron chi connectivity index (χ0n) is 19.1. The number of anilines is 2. The third kappa shape index (κ3) is 4.18. The number of nitrogens with zero attached hydrogens (tertiary/aromatic N) is 3. The van der Waals surface area contributed by atoms with E-state index in [4.69, 9.17) is 0 Å². The van der Waals surface area contributed by atoms with Gasteiger partial charge in [-0.15, -0.1) is 0 Å². The third-order valence-electron chi connectivity index (χ3n) is 6.43. The molecular weight excluding hydrogens is 386 g/mol. The van der Waals surface area contributed by atoms with Gasteiger partial charge in [-0.2, -0.15) is 0 Å². The first kappa shape index (κ1) is 21.4. The van der Waals surface area contributed by atoms with Crippen LogP contribution in [0.25, 0.3) is 0 Å². The lowest BCUT2D eigenvalue weighted by atomic mass is 9.92. The van der Waals surface area contributed by atoms with Crippen LogP contribution < -0.4 is 9.80 Å². The van der Waals surface area contributed by atoms with E-state index >= 15 is 0 Å². The van der Waals surface area contributed by atoms with Crippen molar-refractivity contribution in [1.29, 1.82) is 0 Å². The minimum atomic E-state index is -0.158. The summed E-state index contributed by atoms with van der Waals surface area (Å²) in [5.74, 6) is -0.316. The van der Waals surface area contributed by atoms with Crippen LogP contribution in [0.3, 0.4) is 0 Å². The lowest BCUT2D eigenvalue weighted by Crippen LogP contribution is -2.37. The largest absolute Gasteiger partial charge is 0.372 e. The van der Waals surface area contributed by atoms with E-state index in [2.05, 4.69) is 55.8 Å². The van der Waals surface area contributed by atoms with Crippen LogP contribution in [0.5, 0.6) is 0 Å². The standard InChI is InChI=1S/C26H33N3O2/c1-5-28-18-26(2,3)17-27(4)23-16-19(13-14-22(23)28)10-8-9-15-29-24(30)20-11-6-7-12-21(20)25(29)31/h6-7,11-14,16H,5,8-10,15,17-18H2,1-4H3. The molecule has 0 N–H and O–H groups in total. The molecule has 2 heterocycles. The van der Waals surface area contributed by atoms with Gasteiger partial charge in [-0.3, -0.25) is 14.5 Å². The van der Waals surface area contributed by atoms with Crippen LogP contribution in [0.15, 0.2) is 42.5 Å². The van der Waals surface area contributed by atoms with Crippen LogP contribution in [0.1, 0.15) is 59.9 Å². The number of hydrogen-bond donors (Lipinski definition) is 0. The van der Waals surface area contributed by atoms with E-state index in [1.165, 1.54) is 21.8 Å². The Balaban J connectivity index is 1.39. The van der Waals surface area contributed by atoms with Crippen LogP contribution in [0.4, 0.5) is 11.4 Å². The number of imide groups is 1. The highest BCUT2D eigenvalue weighted by atomic mass is 16.2. The first-order valence-corrected chi connectivity index (χ1v) is 11.3. The number of carbonyl (C=O) groups is 2. The van der Waals surface area contributed by atoms with Crippen molar-refractivity contribution in [3.63, 3.8) is 0 Å². The average Bonchev–Trinajstić information content (AvgIpc) is 2.93. The SMILES string of the molecule is CCN1CC(C)(C)CN(C)c2cc(CCCCN3C(=O)c4ccccc4C3=O)ccc21. The number of aryl methyl sites for hydroxylation is 1. The fourth-order valence-electron chi connectivity index (χ4n) is 5.00. The van der Waals surface area contributed by atoms with Crippen molar-refractivity contribution in [1.82, 2.24) is 4.90 Å². The van der Waals surface area contributed by atoms with Crippen molar-refractivity contribution < 1.29 is 9.59 Å². The molecule has 164 valence electrons. The van der Waals surface area contributed by atoms with E-state index in [1.54, 1.807) is 12.1 Å². The van der Waals surface area contributed by atoms with Crippen LogP contribution in [-0.4, -0.2) is 49.9 Å². The Hall–Kier alpha value is -2.82. The molecular formula is C26H33N3O2. The quantitative estimate of drug-likeness (QED) is 0.507. The van der Waals surface area contributed by atoms with Gasteiger partial charge >= 0.3 is 0 Å². The fraction of sp³-hybridized carbons (Fsp3) is 0.462. The Morgan fingerprint density at radius 3 is 2.23 bits per heavy atom.